The van der Waals surface area contributed by atoms with Gasteiger partial charge in [-0.3, -0.25) is 0 Å². The standard InChI is InChI=1S/C14H22FNO3SSi/c1-14(2,3)21(5,6)16-20(18)11-9-7-8-10(15)12(11)13(17)19-4/h7-9,16H,1-6H3. The first-order chi connectivity index (χ1) is 9.51. The molecule has 1 unspecified atom stereocenters. The van der Waals surface area contributed by atoms with Crippen molar-refractivity contribution in [3.05, 3.63) is 29.6 Å². The summed E-state index contributed by atoms with van der Waals surface area (Å²) in [6.45, 7) is 10.3. The third kappa shape index (κ3) is 4.06. The zero-order valence-electron chi connectivity index (χ0n) is 13.2. The quantitative estimate of drug-likeness (QED) is 0.523. The van der Waals surface area contributed by atoms with Crippen LogP contribution >= 0.6 is 0 Å². The lowest BCUT2D eigenvalue weighted by Crippen LogP contribution is -2.54. The van der Waals surface area contributed by atoms with Crippen molar-refractivity contribution in [1.29, 1.82) is 0 Å². The molecule has 0 saturated heterocycles. The predicted molar refractivity (Wildman–Crippen MR) is 84.5 cm³/mol. The van der Waals surface area contributed by atoms with E-state index in [1.54, 1.807) is 0 Å². The zero-order valence-corrected chi connectivity index (χ0v) is 15.1. The Kier molecular flexibility index (Phi) is 5.60. The number of nitrogens with one attached hydrogen (secondary N) is 1. The topological polar surface area (TPSA) is 61.4 Å². The smallest absolute Gasteiger partial charge is 0.346 e. The molecule has 0 aromatic heterocycles. The molecule has 7 heteroatoms. The number of carbonyl (C=O) groups excluding carboxylic acids is 1. The SMILES string of the molecule is COC(=O)c1c(F)cccc1[S+]([O-])N[Si](C)(C)C(C)(C)C. The summed E-state index contributed by atoms with van der Waals surface area (Å²) in [5.74, 6) is -1.56. The van der Waals surface area contributed by atoms with Gasteiger partial charge in [0.25, 0.3) is 0 Å². The van der Waals surface area contributed by atoms with E-state index in [-0.39, 0.29) is 15.5 Å². The van der Waals surface area contributed by atoms with E-state index in [4.69, 9.17) is 0 Å². The highest BCUT2D eigenvalue weighted by Gasteiger charge is 2.41. The molecule has 1 N–H and O–H groups in total. The number of rotatable bonds is 4. The fourth-order valence-electron chi connectivity index (χ4n) is 1.40. The number of halogens is 1. The Morgan fingerprint density at radius 1 is 1.38 bits per heavy atom. The van der Waals surface area contributed by atoms with E-state index in [0.717, 1.165) is 6.07 Å². The average molecular weight is 331 g/mol. The highest BCUT2D eigenvalue weighted by molar-refractivity contribution is 7.91. The predicted octanol–water partition coefficient (Wildman–Crippen LogP) is 3.23. The molecule has 1 aromatic rings. The van der Waals surface area contributed by atoms with E-state index in [0.29, 0.717) is 0 Å². The summed E-state index contributed by atoms with van der Waals surface area (Å²) < 4.78 is 34.1. The molecule has 0 heterocycles. The Labute approximate surface area is 129 Å². The Hall–Kier alpha value is -0.893. The molecule has 21 heavy (non-hydrogen) atoms. The van der Waals surface area contributed by atoms with E-state index in [2.05, 4.69) is 29.9 Å². The summed E-state index contributed by atoms with van der Waals surface area (Å²) in [5, 5.41) is -0.0403. The highest BCUT2D eigenvalue weighted by atomic mass is 32.2. The van der Waals surface area contributed by atoms with Gasteiger partial charge in [0, 0.05) is 0 Å². The van der Waals surface area contributed by atoms with Gasteiger partial charge in [0.2, 0.25) is 0 Å². The number of benzene rings is 1. The number of methoxy groups -OCH3 is 1. The van der Waals surface area contributed by atoms with Crippen LogP contribution in [0.2, 0.25) is 18.1 Å². The highest BCUT2D eigenvalue weighted by Crippen LogP contribution is 2.35. The second-order valence-electron chi connectivity index (χ2n) is 6.35. The molecule has 1 rings (SSSR count). The molecule has 118 valence electrons. The lowest BCUT2D eigenvalue weighted by Gasteiger charge is -2.36. The molecule has 0 aliphatic rings. The van der Waals surface area contributed by atoms with Gasteiger partial charge in [-0.2, -0.15) is 4.39 Å². The van der Waals surface area contributed by atoms with Gasteiger partial charge in [-0.05, 0) is 17.2 Å². The Morgan fingerprint density at radius 3 is 2.43 bits per heavy atom. The number of esters is 1. The van der Waals surface area contributed by atoms with Gasteiger partial charge < -0.3 is 9.29 Å². The van der Waals surface area contributed by atoms with Gasteiger partial charge in [-0.1, -0.05) is 39.9 Å². The van der Waals surface area contributed by atoms with Gasteiger partial charge in [0.05, 0.1) is 18.5 Å². The Balaban J connectivity index is 3.17. The largest absolute Gasteiger partial charge is 0.593 e. The maximum absolute atomic E-state index is 13.9. The van der Waals surface area contributed by atoms with Gasteiger partial charge >= 0.3 is 5.97 Å². The van der Waals surface area contributed by atoms with Crippen LogP contribution in [0.25, 0.3) is 0 Å². The molecule has 1 atom stereocenters. The summed E-state index contributed by atoms with van der Waals surface area (Å²) in [6.07, 6.45) is 0. The van der Waals surface area contributed by atoms with Gasteiger partial charge in [-0.15, -0.1) is 0 Å². The van der Waals surface area contributed by atoms with Crippen LogP contribution in [0.15, 0.2) is 23.1 Å². The molecular formula is C14H22FNO3SSi. The normalized spacial score (nSPS) is 13.9. The van der Waals surface area contributed by atoms with Crippen molar-refractivity contribution < 1.29 is 18.5 Å². The van der Waals surface area contributed by atoms with Crippen LogP contribution in [0, 0.1) is 5.82 Å². The minimum absolute atomic E-state index is 0.0403. The van der Waals surface area contributed by atoms with Crippen molar-refractivity contribution in [2.24, 2.45) is 0 Å². The monoisotopic (exact) mass is 331 g/mol. The second-order valence-corrected chi connectivity index (χ2v) is 12.9. The molecule has 0 aliphatic heterocycles. The fourth-order valence-corrected chi connectivity index (χ4v) is 5.49. The number of hydrogen-bond donors (Lipinski definition) is 1. The minimum atomic E-state index is -2.06. The van der Waals surface area contributed by atoms with Crippen molar-refractivity contribution in [2.45, 2.75) is 43.8 Å². The molecule has 0 spiro atoms. The lowest BCUT2D eigenvalue weighted by atomic mass is 10.2. The molecule has 0 amide bonds. The summed E-state index contributed by atoms with van der Waals surface area (Å²) in [5.41, 5.74) is -0.274. The van der Waals surface area contributed by atoms with Crippen LogP contribution in [-0.4, -0.2) is 25.9 Å². The van der Waals surface area contributed by atoms with Crippen LogP contribution in [0.4, 0.5) is 4.39 Å². The Morgan fingerprint density at radius 2 is 1.95 bits per heavy atom. The zero-order chi connectivity index (χ0) is 16.4. The van der Waals surface area contributed by atoms with Crippen molar-refractivity contribution in [1.82, 2.24) is 4.39 Å². The minimum Gasteiger partial charge on any atom is -0.593 e. The molecule has 0 saturated carbocycles. The van der Waals surface area contributed by atoms with Crippen molar-refractivity contribution >= 4 is 25.6 Å². The molecule has 0 radical (unpaired) electrons. The van der Waals surface area contributed by atoms with Crippen LogP contribution in [-0.2, 0) is 16.1 Å². The number of ether oxygens (including phenoxy) is 1. The van der Waals surface area contributed by atoms with Crippen molar-refractivity contribution in [3.8, 4) is 0 Å². The van der Waals surface area contributed by atoms with Crippen molar-refractivity contribution in [3.63, 3.8) is 0 Å². The van der Waals surface area contributed by atoms with Gasteiger partial charge in [-0.25, -0.2) is 9.18 Å². The van der Waals surface area contributed by atoms with Crippen LogP contribution in [0.5, 0.6) is 0 Å². The lowest BCUT2D eigenvalue weighted by molar-refractivity contribution is 0.0590. The summed E-state index contributed by atoms with van der Waals surface area (Å²) >= 11 is -1.67. The molecule has 0 aliphatic carbocycles. The molecule has 1 aromatic carbocycles. The van der Waals surface area contributed by atoms with Gasteiger partial charge in [0.1, 0.15) is 5.82 Å². The maximum atomic E-state index is 13.9. The van der Waals surface area contributed by atoms with E-state index < -0.39 is 31.4 Å². The second kappa shape index (κ2) is 6.47. The van der Waals surface area contributed by atoms with Gasteiger partial charge in [0.15, 0.2) is 18.7 Å². The fraction of sp³-hybridized carbons (Fsp3) is 0.500. The summed E-state index contributed by atoms with van der Waals surface area (Å²) in [6, 6.07) is 4.06. The first-order valence-corrected chi connectivity index (χ1v) is 10.7. The van der Waals surface area contributed by atoms with Crippen molar-refractivity contribution in [2.75, 3.05) is 7.11 Å². The summed E-state index contributed by atoms with van der Waals surface area (Å²) in [4.78, 5) is 11.8. The first-order valence-electron chi connectivity index (χ1n) is 6.57. The van der Waals surface area contributed by atoms with E-state index in [1.165, 1.54) is 19.2 Å². The number of hydrogen-bond acceptors (Lipinski definition) is 4. The number of carbonyl (C=O) groups is 1. The Bertz CT molecular complexity index is 531. The third-order valence-corrected chi connectivity index (χ3v) is 11.1. The maximum Gasteiger partial charge on any atom is 0.346 e. The molecule has 0 bridgehead atoms. The molecule has 0 fully saturated rings. The third-order valence-electron chi connectivity index (χ3n) is 3.79. The summed E-state index contributed by atoms with van der Waals surface area (Å²) in [7, 11) is -0.891. The van der Waals surface area contributed by atoms with E-state index >= 15 is 0 Å². The molecule has 4 nitrogen and oxygen atoms in total. The first kappa shape index (κ1) is 18.2. The molecular weight excluding hydrogens is 309 g/mol. The van der Waals surface area contributed by atoms with E-state index in [1.807, 2.05) is 13.1 Å². The van der Waals surface area contributed by atoms with Crippen LogP contribution in [0.3, 0.4) is 0 Å². The average Bonchev–Trinajstić information content (AvgIpc) is 2.35. The van der Waals surface area contributed by atoms with Crippen LogP contribution < -0.4 is 4.39 Å². The van der Waals surface area contributed by atoms with E-state index in [9.17, 15) is 13.7 Å². The van der Waals surface area contributed by atoms with Crippen LogP contribution in [0.1, 0.15) is 31.1 Å².